The summed E-state index contributed by atoms with van der Waals surface area (Å²) in [6.45, 7) is -0.125. The number of nitrogens with one attached hydrogen (secondary N) is 2. The Hall–Kier alpha value is -1.15. The van der Waals surface area contributed by atoms with Crippen LogP contribution < -0.4 is 16.6 Å². The van der Waals surface area contributed by atoms with Gasteiger partial charge in [0.2, 0.25) is 0 Å². The molecule has 4 N–H and O–H groups in total. The number of hydrogen-bond donors (Lipinski definition) is 3. The fourth-order valence-corrected chi connectivity index (χ4v) is 1.58. The quantitative estimate of drug-likeness (QED) is 0.318. The SMILES string of the molecule is NNC(=O)CNC(=O)c1ccccc1I. The van der Waals surface area contributed by atoms with E-state index in [2.05, 4.69) is 27.9 Å². The van der Waals surface area contributed by atoms with Crippen molar-refractivity contribution in [1.82, 2.24) is 10.7 Å². The van der Waals surface area contributed by atoms with Crippen molar-refractivity contribution in [3.8, 4) is 0 Å². The van der Waals surface area contributed by atoms with E-state index in [1.54, 1.807) is 12.1 Å². The second-order valence-electron chi connectivity index (χ2n) is 2.73. The molecule has 0 spiro atoms. The molecule has 0 radical (unpaired) electrons. The summed E-state index contributed by atoms with van der Waals surface area (Å²) < 4.78 is 0.834. The molecule has 1 rings (SSSR count). The van der Waals surface area contributed by atoms with Crippen LogP contribution in [0.5, 0.6) is 0 Å². The van der Waals surface area contributed by atoms with Gasteiger partial charge < -0.3 is 5.32 Å². The smallest absolute Gasteiger partial charge is 0.253 e. The summed E-state index contributed by atoms with van der Waals surface area (Å²) >= 11 is 2.06. The van der Waals surface area contributed by atoms with E-state index >= 15 is 0 Å². The molecule has 15 heavy (non-hydrogen) atoms. The van der Waals surface area contributed by atoms with Crippen LogP contribution in [0.1, 0.15) is 10.4 Å². The number of benzene rings is 1. The van der Waals surface area contributed by atoms with Gasteiger partial charge in [0.05, 0.1) is 12.1 Å². The van der Waals surface area contributed by atoms with Gasteiger partial charge in [-0.1, -0.05) is 12.1 Å². The summed E-state index contributed by atoms with van der Waals surface area (Å²) in [6, 6.07) is 7.11. The maximum absolute atomic E-state index is 11.5. The van der Waals surface area contributed by atoms with Crippen molar-refractivity contribution in [1.29, 1.82) is 0 Å². The minimum absolute atomic E-state index is 0.125. The molecule has 0 atom stereocenters. The Bertz CT molecular complexity index is 381. The predicted octanol–water partition coefficient (Wildman–Crippen LogP) is 0.0109. The lowest BCUT2D eigenvalue weighted by molar-refractivity contribution is -0.120. The molecule has 0 unspecified atom stereocenters. The van der Waals surface area contributed by atoms with E-state index in [-0.39, 0.29) is 12.5 Å². The van der Waals surface area contributed by atoms with Crippen molar-refractivity contribution in [2.45, 2.75) is 0 Å². The summed E-state index contributed by atoms with van der Waals surface area (Å²) in [6.07, 6.45) is 0. The van der Waals surface area contributed by atoms with Gasteiger partial charge in [-0.05, 0) is 34.7 Å². The Morgan fingerprint density at radius 3 is 2.60 bits per heavy atom. The number of carbonyl (C=O) groups excluding carboxylic acids is 2. The molecule has 0 saturated carbocycles. The molecule has 5 nitrogen and oxygen atoms in total. The Kier molecular flexibility index (Phi) is 4.50. The third kappa shape index (κ3) is 3.48. The molecule has 0 aliphatic heterocycles. The number of halogens is 1. The molecule has 0 fully saturated rings. The maximum atomic E-state index is 11.5. The number of rotatable bonds is 3. The van der Waals surface area contributed by atoms with Crippen LogP contribution in [0.15, 0.2) is 24.3 Å². The maximum Gasteiger partial charge on any atom is 0.253 e. The van der Waals surface area contributed by atoms with Crippen LogP contribution in [0.25, 0.3) is 0 Å². The van der Waals surface area contributed by atoms with Gasteiger partial charge in [-0.3, -0.25) is 15.0 Å². The van der Waals surface area contributed by atoms with E-state index in [9.17, 15) is 9.59 Å². The molecule has 0 aromatic heterocycles. The lowest BCUT2D eigenvalue weighted by Gasteiger charge is -2.05. The Morgan fingerprint density at radius 1 is 1.33 bits per heavy atom. The topological polar surface area (TPSA) is 84.2 Å². The first-order valence-corrected chi connectivity index (χ1v) is 5.25. The van der Waals surface area contributed by atoms with Crippen LogP contribution in [0, 0.1) is 3.57 Å². The normalized spacial score (nSPS) is 9.47. The van der Waals surface area contributed by atoms with E-state index in [1.165, 1.54) is 0 Å². The molecule has 6 heteroatoms. The fraction of sp³-hybridized carbons (Fsp3) is 0.111. The molecule has 0 bridgehead atoms. The second kappa shape index (κ2) is 5.66. The fourth-order valence-electron chi connectivity index (χ4n) is 0.952. The van der Waals surface area contributed by atoms with E-state index in [0.717, 1.165) is 3.57 Å². The summed E-state index contributed by atoms with van der Waals surface area (Å²) in [4.78, 5) is 22.3. The van der Waals surface area contributed by atoms with Crippen LogP contribution in [0.2, 0.25) is 0 Å². The summed E-state index contributed by atoms with van der Waals surface area (Å²) in [5.74, 6) is 4.15. The van der Waals surface area contributed by atoms with Crippen LogP contribution in [-0.4, -0.2) is 18.4 Å². The van der Waals surface area contributed by atoms with Crippen molar-refractivity contribution >= 4 is 34.4 Å². The summed E-state index contributed by atoms with van der Waals surface area (Å²) in [5.41, 5.74) is 2.48. The summed E-state index contributed by atoms with van der Waals surface area (Å²) in [5, 5.41) is 2.45. The molecule has 0 aliphatic rings. The van der Waals surface area contributed by atoms with E-state index in [0.29, 0.717) is 5.56 Å². The minimum Gasteiger partial charge on any atom is -0.343 e. The average molecular weight is 319 g/mol. The first-order chi connectivity index (χ1) is 7.15. The number of nitrogens with two attached hydrogens (primary N) is 1. The highest BCUT2D eigenvalue weighted by Crippen LogP contribution is 2.10. The number of hydrogen-bond acceptors (Lipinski definition) is 3. The zero-order chi connectivity index (χ0) is 11.3. The molecule has 0 heterocycles. The Labute approximate surface area is 101 Å². The van der Waals surface area contributed by atoms with Crippen molar-refractivity contribution in [2.24, 2.45) is 5.84 Å². The molecule has 1 aromatic rings. The number of carbonyl (C=O) groups is 2. The first-order valence-electron chi connectivity index (χ1n) is 4.17. The lowest BCUT2D eigenvalue weighted by atomic mass is 10.2. The Morgan fingerprint density at radius 2 is 2.00 bits per heavy atom. The standard InChI is InChI=1S/C9H10IN3O2/c10-7-4-2-1-3-6(7)9(15)12-5-8(14)13-11/h1-4H,5,11H2,(H,12,15)(H,13,14). The van der Waals surface area contributed by atoms with Crippen molar-refractivity contribution in [2.75, 3.05) is 6.54 Å². The average Bonchev–Trinajstić information content (AvgIpc) is 2.26. The van der Waals surface area contributed by atoms with Gasteiger partial charge in [0.15, 0.2) is 0 Å². The molecule has 0 aliphatic carbocycles. The van der Waals surface area contributed by atoms with Gasteiger partial charge in [-0.2, -0.15) is 0 Å². The van der Waals surface area contributed by atoms with Gasteiger partial charge in [0, 0.05) is 3.57 Å². The monoisotopic (exact) mass is 319 g/mol. The van der Waals surface area contributed by atoms with E-state index in [1.807, 2.05) is 17.6 Å². The lowest BCUT2D eigenvalue weighted by Crippen LogP contribution is -2.40. The van der Waals surface area contributed by atoms with Gasteiger partial charge in [0.1, 0.15) is 0 Å². The second-order valence-corrected chi connectivity index (χ2v) is 3.89. The Balaban J connectivity index is 2.62. The first kappa shape index (κ1) is 11.9. The van der Waals surface area contributed by atoms with Crippen LogP contribution in [-0.2, 0) is 4.79 Å². The van der Waals surface area contributed by atoms with Crippen LogP contribution >= 0.6 is 22.6 Å². The van der Waals surface area contributed by atoms with Crippen molar-refractivity contribution < 1.29 is 9.59 Å². The highest BCUT2D eigenvalue weighted by atomic mass is 127. The van der Waals surface area contributed by atoms with Crippen molar-refractivity contribution in [3.63, 3.8) is 0 Å². The van der Waals surface area contributed by atoms with Gasteiger partial charge in [-0.25, -0.2) is 5.84 Å². The number of amides is 2. The molecule has 80 valence electrons. The molecular weight excluding hydrogens is 309 g/mol. The zero-order valence-electron chi connectivity index (χ0n) is 7.79. The zero-order valence-corrected chi connectivity index (χ0v) is 9.95. The molecule has 0 saturated heterocycles. The van der Waals surface area contributed by atoms with E-state index < -0.39 is 5.91 Å². The van der Waals surface area contributed by atoms with Crippen molar-refractivity contribution in [3.05, 3.63) is 33.4 Å². The third-order valence-corrected chi connectivity index (χ3v) is 2.63. The highest BCUT2D eigenvalue weighted by Gasteiger charge is 2.09. The van der Waals surface area contributed by atoms with Gasteiger partial charge in [0.25, 0.3) is 11.8 Å². The van der Waals surface area contributed by atoms with Gasteiger partial charge >= 0.3 is 0 Å². The minimum atomic E-state index is -0.436. The largest absolute Gasteiger partial charge is 0.343 e. The number of hydrazine groups is 1. The van der Waals surface area contributed by atoms with Gasteiger partial charge in [-0.15, -0.1) is 0 Å². The summed E-state index contributed by atoms with van der Waals surface area (Å²) in [7, 11) is 0. The van der Waals surface area contributed by atoms with Crippen LogP contribution in [0.4, 0.5) is 0 Å². The highest BCUT2D eigenvalue weighted by molar-refractivity contribution is 14.1. The molecule has 2 amide bonds. The van der Waals surface area contributed by atoms with Crippen LogP contribution in [0.3, 0.4) is 0 Å². The predicted molar refractivity (Wildman–Crippen MR) is 63.8 cm³/mol. The molecular formula is C9H10IN3O2. The third-order valence-electron chi connectivity index (χ3n) is 1.69. The molecule has 1 aromatic carbocycles. The van der Waals surface area contributed by atoms with E-state index in [4.69, 9.17) is 5.84 Å².